The first-order chi connectivity index (χ1) is 6.53. The molecule has 1 aliphatic rings. The fourth-order valence-corrected chi connectivity index (χ4v) is 2.15. The third kappa shape index (κ3) is 3.95. The number of aliphatic hydroxyl groups is 1. The summed E-state index contributed by atoms with van der Waals surface area (Å²) in [6.07, 6.45) is 2.10. The molecule has 0 spiro atoms. The molecule has 1 aliphatic heterocycles. The van der Waals surface area contributed by atoms with Gasteiger partial charge in [0.25, 0.3) is 0 Å². The molecule has 84 valence electrons. The molecule has 1 fully saturated rings. The third-order valence-electron chi connectivity index (χ3n) is 2.74. The van der Waals surface area contributed by atoms with Crippen LogP contribution in [0.3, 0.4) is 0 Å². The Morgan fingerprint density at radius 3 is 2.71 bits per heavy atom. The van der Waals surface area contributed by atoms with Crippen molar-refractivity contribution in [2.75, 3.05) is 19.7 Å². The van der Waals surface area contributed by atoms with Gasteiger partial charge in [0.1, 0.15) is 0 Å². The molecule has 0 saturated carbocycles. The van der Waals surface area contributed by atoms with Gasteiger partial charge in [-0.3, -0.25) is 0 Å². The van der Waals surface area contributed by atoms with Gasteiger partial charge in [0.2, 0.25) is 0 Å². The van der Waals surface area contributed by atoms with E-state index in [4.69, 9.17) is 5.11 Å². The lowest BCUT2D eigenvalue weighted by atomic mass is 9.88. The number of nitrogens with one attached hydrogen (secondary N) is 2. The lowest BCUT2D eigenvalue weighted by Crippen LogP contribution is -2.55. The molecule has 3 nitrogen and oxygen atoms in total. The van der Waals surface area contributed by atoms with Crippen LogP contribution in [0.15, 0.2) is 0 Å². The van der Waals surface area contributed by atoms with Crippen molar-refractivity contribution in [3.05, 3.63) is 0 Å². The zero-order valence-electron chi connectivity index (χ0n) is 9.64. The van der Waals surface area contributed by atoms with Crippen molar-refractivity contribution in [2.24, 2.45) is 5.92 Å². The second-order valence-corrected chi connectivity index (χ2v) is 5.27. The van der Waals surface area contributed by atoms with Crippen LogP contribution in [0.2, 0.25) is 0 Å². The van der Waals surface area contributed by atoms with Crippen molar-refractivity contribution in [1.29, 1.82) is 0 Å². The number of hydrogen-bond acceptors (Lipinski definition) is 3. The number of aliphatic hydroxyl groups excluding tert-OH is 1. The van der Waals surface area contributed by atoms with E-state index in [1.807, 2.05) is 0 Å². The van der Waals surface area contributed by atoms with Crippen LogP contribution in [-0.4, -0.2) is 36.4 Å². The molecule has 0 amide bonds. The molecule has 0 aliphatic carbocycles. The smallest absolute Gasteiger partial charge is 0.0434 e. The van der Waals surface area contributed by atoms with Crippen molar-refractivity contribution in [1.82, 2.24) is 10.6 Å². The Labute approximate surface area is 87.3 Å². The first-order valence-electron chi connectivity index (χ1n) is 5.62. The Morgan fingerprint density at radius 2 is 2.14 bits per heavy atom. The first kappa shape index (κ1) is 12.0. The maximum atomic E-state index is 8.99. The predicted molar refractivity (Wildman–Crippen MR) is 59.4 cm³/mol. The van der Waals surface area contributed by atoms with Crippen molar-refractivity contribution >= 4 is 0 Å². The minimum absolute atomic E-state index is 0.164. The summed E-state index contributed by atoms with van der Waals surface area (Å²) >= 11 is 0. The molecule has 1 saturated heterocycles. The normalized spacial score (nSPS) is 29.1. The van der Waals surface area contributed by atoms with Gasteiger partial charge in [0.05, 0.1) is 0 Å². The monoisotopic (exact) mass is 200 g/mol. The largest absolute Gasteiger partial charge is 0.396 e. The molecule has 3 N–H and O–H groups in total. The SMILES string of the molecule is CC(C)(C)NC1CNCCC1CCO. The van der Waals surface area contributed by atoms with Gasteiger partial charge in [-0.2, -0.15) is 0 Å². The lowest BCUT2D eigenvalue weighted by molar-refractivity contribution is 0.181. The first-order valence-corrected chi connectivity index (χ1v) is 5.62. The lowest BCUT2D eigenvalue weighted by Gasteiger charge is -2.37. The van der Waals surface area contributed by atoms with Crippen molar-refractivity contribution in [3.8, 4) is 0 Å². The van der Waals surface area contributed by atoms with E-state index >= 15 is 0 Å². The summed E-state index contributed by atoms with van der Waals surface area (Å²) in [6.45, 7) is 9.01. The Hall–Kier alpha value is -0.120. The van der Waals surface area contributed by atoms with Gasteiger partial charge in [0.15, 0.2) is 0 Å². The van der Waals surface area contributed by atoms with Gasteiger partial charge < -0.3 is 15.7 Å². The zero-order valence-corrected chi connectivity index (χ0v) is 9.64. The summed E-state index contributed by atoms with van der Waals surface area (Å²) < 4.78 is 0. The molecule has 0 bridgehead atoms. The predicted octanol–water partition coefficient (Wildman–Crippen LogP) is 0.735. The highest BCUT2D eigenvalue weighted by atomic mass is 16.3. The van der Waals surface area contributed by atoms with E-state index in [0.29, 0.717) is 18.6 Å². The molecule has 0 aromatic heterocycles. The van der Waals surface area contributed by atoms with Crippen LogP contribution in [0.1, 0.15) is 33.6 Å². The summed E-state index contributed by atoms with van der Waals surface area (Å²) in [4.78, 5) is 0. The van der Waals surface area contributed by atoms with Crippen LogP contribution in [0.5, 0.6) is 0 Å². The summed E-state index contributed by atoms with van der Waals surface area (Å²) in [6, 6.07) is 0.510. The van der Waals surface area contributed by atoms with E-state index in [0.717, 1.165) is 19.5 Å². The molecule has 14 heavy (non-hydrogen) atoms. The Kier molecular flexibility index (Phi) is 4.35. The van der Waals surface area contributed by atoms with Crippen LogP contribution in [-0.2, 0) is 0 Å². The molecule has 2 unspecified atom stereocenters. The maximum Gasteiger partial charge on any atom is 0.0434 e. The highest BCUT2D eigenvalue weighted by Crippen LogP contribution is 2.18. The van der Waals surface area contributed by atoms with E-state index in [1.165, 1.54) is 6.42 Å². The second-order valence-electron chi connectivity index (χ2n) is 5.27. The maximum absolute atomic E-state index is 8.99. The molecule has 0 aromatic rings. The quantitative estimate of drug-likeness (QED) is 0.629. The second kappa shape index (κ2) is 5.10. The number of rotatable bonds is 3. The fourth-order valence-electron chi connectivity index (χ4n) is 2.15. The summed E-state index contributed by atoms with van der Waals surface area (Å²) in [5.41, 5.74) is 0.164. The van der Waals surface area contributed by atoms with Gasteiger partial charge in [-0.25, -0.2) is 0 Å². The number of piperidine rings is 1. The van der Waals surface area contributed by atoms with Gasteiger partial charge in [-0.1, -0.05) is 0 Å². The minimum Gasteiger partial charge on any atom is -0.396 e. The molecule has 3 heteroatoms. The minimum atomic E-state index is 0.164. The molecular weight excluding hydrogens is 176 g/mol. The molecule has 1 rings (SSSR count). The van der Waals surface area contributed by atoms with E-state index < -0.39 is 0 Å². The summed E-state index contributed by atoms with van der Waals surface area (Å²) in [5, 5.41) is 16.0. The standard InChI is InChI=1S/C11H24N2O/c1-11(2,3)13-10-8-12-6-4-9(10)5-7-14/h9-10,12-14H,4-8H2,1-3H3. The van der Waals surface area contributed by atoms with Gasteiger partial charge in [-0.15, -0.1) is 0 Å². The average Bonchev–Trinajstić information content (AvgIpc) is 2.06. The summed E-state index contributed by atoms with van der Waals surface area (Å²) in [7, 11) is 0. The Bertz CT molecular complexity index is 163. The van der Waals surface area contributed by atoms with Gasteiger partial charge >= 0.3 is 0 Å². The van der Waals surface area contributed by atoms with E-state index in [-0.39, 0.29) is 5.54 Å². The fraction of sp³-hybridized carbons (Fsp3) is 1.00. The number of hydrogen-bond donors (Lipinski definition) is 3. The Morgan fingerprint density at radius 1 is 1.43 bits per heavy atom. The van der Waals surface area contributed by atoms with E-state index in [9.17, 15) is 0 Å². The molecular formula is C11H24N2O. The molecule has 1 heterocycles. The van der Waals surface area contributed by atoms with Gasteiger partial charge in [0, 0.05) is 24.7 Å². The average molecular weight is 200 g/mol. The third-order valence-corrected chi connectivity index (χ3v) is 2.74. The molecule has 0 radical (unpaired) electrons. The van der Waals surface area contributed by atoms with Crippen LogP contribution in [0.25, 0.3) is 0 Å². The zero-order chi connectivity index (χ0) is 10.6. The van der Waals surface area contributed by atoms with Crippen LogP contribution < -0.4 is 10.6 Å². The van der Waals surface area contributed by atoms with Crippen molar-refractivity contribution in [2.45, 2.75) is 45.2 Å². The highest BCUT2D eigenvalue weighted by molar-refractivity contribution is 4.87. The molecule has 2 atom stereocenters. The van der Waals surface area contributed by atoms with Crippen LogP contribution >= 0.6 is 0 Å². The van der Waals surface area contributed by atoms with Crippen molar-refractivity contribution < 1.29 is 5.11 Å². The van der Waals surface area contributed by atoms with E-state index in [1.54, 1.807) is 0 Å². The molecule has 0 aromatic carbocycles. The van der Waals surface area contributed by atoms with Crippen LogP contribution in [0, 0.1) is 5.92 Å². The summed E-state index contributed by atoms with van der Waals surface area (Å²) in [5.74, 6) is 0.625. The van der Waals surface area contributed by atoms with Crippen LogP contribution in [0.4, 0.5) is 0 Å². The van der Waals surface area contributed by atoms with Crippen molar-refractivity contribution in [3.63, 3.8) is 0 Å². The highest BCUT2D eigenvalue weighted by Gasteiger charge is 2.27. The van der Waals surface area contributed by atoms with E-state index in [2.05, 4.69) is 31.4 Å². The van der Waals surface area contributed by atoms with Gasteiger partial charge in [-0.05, 0) is 46.1 Å². The topological polar surface area (TPSA) is 44.3 Å². The Balaban J connectivity index is 2.45.